The Labute approximate surface area is 222 Å². The molecule has 0 bridgehead atoms. The maximum absolute atomic E-state index is 14.7. The van der Waals surface area contributed by atoms with E-state index in [1.165, 1.54) is 18.5 Å². The number of rotatable bonds is 7. The molecule has 13 heteroatoms. The van der Waals surface area contributed by atoms with Crippen LogP contribution >= 0.6 is 11.3 Å². The second-order valence-corrected chi connectivity index (χ2v) is 10.3. The molecular weight excluding hydrogens is 523 g/mol. The SMILES string of the molecule is CN/C(=C(\C=[N-])NC(=O)c1csc(-c2c(F)cccc2F)n1)C1CC[C@@H](NC(=O)OC(C)(C)C)[C@H](F)CO1. The number of halogens is 3. The maximum atomic E-state index is 14.7. The molecule has 3 rings (SSSR count). The molecule has 0 spiro atoms. The molecule has 9 nitrogen and oxygen atoms in total. The first kappa shape index (κ1) is 29.1. The summed E-state index contributed by atoms with van der Waals surface area (Å²) in [6.07, 6.45) is -1.97. The fourth-order valence-corrected chi connectivity index (χ4v) is 4.64. The third-order valence-electron chi connectivity index (χ3n) is 5.51. The Morgan fingerprint density at radius 2 is 1.92 bits per heavy atom. The lowest BCUT2D eigenvalue weighted by Gasteiger charge is -2.24. The third kappa shape index (κ3) is 7.32. The lowest BCUT2D eigenvalue weighted by atomic mass is 10.0. The Kier molecular flexibility index (Phi) is 9.50. The quantitative estimate of drug-likeness (QED) is 0.440. The molecule has 0 radical (unpaired) electrons. The van der Waals surface area contributed by atoms with Crippen molar-refractivity contribution < 1.29 is 32.2 Å². The van der Waals surface area contributed by atoms with Crippen molar-refractivity contribution in [1.82, 2.24) is 20.9 Å². The Bertz CT molecular complexity index is 1190. The zero-order valence-electron chi connectivity index (χ0n) is 21.3. The number of carbonyl (C=O) groups is 2. The van der Waals surface area contributed by atoms with Crippen LogP contribution in [0.5, 0.6) is 0 Å². The molecule has 38 heavy (non-hydrogen) atoms. The number of benzene rings is 1. The average Bonchev–Trinajstić information content (AvgIpc) is 3.25. The van der Waals surface area contributed by atoms with E-state index in [-0.39, 0.29) is 47.1 Å². The van der Waals surface area contributed by atoms with Gasteiger partial charge in [0.25, 0.3) is 5.91 Å². The van der Waals surface area contributed by atoms with Crippen molar-refractivity contribution in [3.05, 3.63) is 57.7 Å². The minimum Gasteiger partial charge on any atom is -0.809 e. The lowest BCUT2D eigenvalue weighted by molar-refractivity contribution is 0.0345. The van der Waals surface area contributed by atoms with Gasteiger partial charge in [0.2, 0.25) is 0 Å². The molecule has 2 heterocycles. The van der Waals surface area contributed by atoms with Gasteiger partial charge in [-0.05, 0) is 45.7 Å². The van der Waals surface area contributed by atoms with E-state index in [0.29, 0.717) is 6.21 Å². The third-order valence-corrected chi connectivity index (χ3v) is 6.37. The monoisotopic (exact) mass is 552 g/mol. The van der Waals surface area contributed by atoms with Crippen LogP contribution in [0.15, 0.2) is 35.0 Å². The molecule has 0 saturated carbocycles. The van der Waals surface area contributed by atoms with Crippen LogP contribution in [-0.4, -0.2) is 60.8 Å². The van der Waals surface area contributed by atoms with E-state index >= 15 is 0 Å². The van der Waals surface area contributed by atoms with E-state index in [1.807, 2.05) is 0 Å². The fourth-order valence-electron chi connectivity index (χ4n) is 3.79. The van der Waals surface area contributed by atoms with Crippen LogP contribution < -0.4 is 16.0 Å². The summed E-state index contributed by atoms with van der Waals surface area (Å²) < 4.78 is 53.8. The van der Waals surface area contributed by atoms with Crippen LogP contribution in [0.25, 0.3) is 16.0 Å². The molecule has 1 fully saturated rings. The molecule has 0 aliphatic carbocycles. The number of nitrogens with one attached hydrogen (secondary N) is 3. The normalized spacial score (nSPS) is 20.6. The smallest absolute Gasteiger partial charge is 0.407 e. The minimum absolute atomic E-state index is 0.0253. The van der Waals surface area contributed by atoms with E-state index in [0.717, 1.165) is 23.5 Å². The summed E-state index contributed by atoms with van der Waals surface area (Å²) in [6.45, 7) is 4.73. The number of thiazole rings is 1. The molecular formula is C25H29F3N5O4S-. The van der Waals surface area contributed by atoms with Gasteiger partial charge in [0, 0.05) is 18.1 Å². The standard InChI is InChI=1S/C25H29F3N5O4S/c1-25(2,3)37-24(35)33-16-8-9-19(36-11-15(16)28)21(30-4)17(10-29)31-22(34)18-12-38-23(32-18)20-13(26)6-5-7-14(20)27/h5-7,10,12,15-16,19,30H,8-9,11H2,1-4H3,(H,31,34)(H,33,35)/q-1/b21-17+/t15-,16-,19?/m1/s1. The second kappa shape index (κ2) is 12.4. The Morgan fingerprint density at radius 3 is 2.53 bits per heavy atom. The van der Waals surface area contributed by atoms with E-state index < -0.39 is 47.6 Å². The number of allylic oxidation sites excluding steroid dienone is 1. The molecule has 2 amide bonds. The number of likely N-dealkylation sites (N-methyl/N-ethyl adjacent to an activating group) is 1. The zero-order chi connectivity index (χ0) is 28.0. The number of aromatic nitrogens is 1. The fraction of sp³-hybridized carbons (Fsp3) is 0.440. The van der Waals surface area contributed by atoms with E-state index in [1.54, 1.807) is 20.8 Å². The maximum Gasteiger partial charge on any atom is 0.407 e. The van der Waals surface area contributed by atoms with Gasteiger partial charge in [0.1, 0.15) is 34.1 Å². The van der Waals surface area contributed by atoms with Gasteiger partial charge in [-0.1, -0.05) is 6.07 Å². The van der Waals surface area contributed by atoms with Gasteiger partial charge in [0.15, 0.2) is 0 Å². The number of nitrogens with zero attached hydrogens (tertiary/aromatic N) is 2. The zero-order valence-corrected chi connectivity index (χ0v) is 22.1. The topological polar surface area (TPSA) is 124 Å². The van der Waals surface area contributed by atoms with Crippen LogP contribution in [0.4, 0.5) is 18.0 Å². The molecule has 3 N–H and O–H groups in total. The molecule has 3 atom stereocenters. The van der Waals surface area contributed by atoms with Crippen molar-refractivity contribution in [2.45, 2.75) is 57.5 Å². The van der Waals surface area contributed by atoms with Crippen LogP contribution in [0, 0.1) is 11.6 Å². The van der Waals surface area contributed by atoms with Crippen molar-refractivity contribution in [3.63, 3.8) is 0 Å². The van der Waals surface area contributed by atoms with Crippen molar-refractivity contribution in [3.8, 4) is 10.6 Å². The van der Waals surface area contributed by atoms with E-state index in [4.69, 9.17) is 9.47 Å². The van der Waals surface area contributed by atoms with Gasteiger partial charge in [-0.2, -0.15) is 6.21 Å². The highest BCUT2D eigenvalue weighted by Crippen LogP contribution is 2.29. The number of ether oxygens (including phenoxy) is 2. The van der Waals surface area contributed by atoms with Crippen molar-refractivity contribution in [1.29, 1.82) is 0 Å². The van der Waals surface area contributed by atoms with Gasteiger partial charge in [0.05, 0.1) is 30.0 Å². The first-order valence-corrected chi connectivity index (χ1v) is 12.7. The highest BCUT2D eigenvalue weighted by molar-refractivity contribution is 7.13. The molecule has 1 saturated heterocycles. The number of alkyl carbamates (subject to hydrolysis) is 1. The molecule has 1 unspecified atom stereocenters. The number of alkyl halides is 1. The van der Waals surface area contributed by atoms with Crippen LogP contribution in [0.2, 0.25) is 0 Å². The predicted molar refractivity (Wildman–Crippen MR) is 137 cm³/mol. The lowest BCUT2D eigenvalue weighted by Crippen LogP contribution is -2.44. The molecule has 1 aromatic carbocycles. The van der Waals surface area contributed by atoms with E-state index in [2.05, 4.69) is 20.9 Å². The second-order valence-electron chi connectivity index (χ2n) is 9.46. The highest BCUT2D eigenvalue weighted by atomic mass is 32.1. The van der Waals surface area contributed by atoms with Crippen molar-refractivity contribution in [2.24, 2.45) is 0 Å². The van der Waals surface area contributed by atoms with Gasteiger partial charge >= 0.3 is 6.09 Å². The molecule has 1 aliphatic heterocycles. The summed E-state index contributed by atoms with van der Waals surface area (Å²) in [5.74, 6) is -2.38. The summed E-state index contributed by atoms with van der Waals surface area (Å²) in [5, 5.41) is 19.0. The van der Waals surface area contributed by atoms with Gasteiger partial charge < -0.3 is 30.8 Å². The summed E-state index contributed by atoms with van der Waals surface area (Å²) in [5.41, 5.74) is -1.04. The highest BCUT2D eigenvalue weighted by Gasteiger charge is 2.32. The predicted octanol–water partition coefficient (Wildman–Crippen LogP) is 4.30. The van der Waals surface area contributed by atoms with Crippen molar-refractivity contribution >= 4 is 29.6 Å². The summed E-state index contributed by atoms with van der Waals surface area (Å²) in [4.78, 5) is 29.0. The number of carbonyl (C=O) groups excluding carboxylic acids is 2. The Morgan fingerprint density at radius 1 is 1.24 bits per heavy atom. The molecule has 1 aliphatic rings. The largest absolute Gasteiger partial charge is 0.809 e. The van der Waals surface area contributed by atoms with Gasteiger partial charge in [-0.3, -0.25) is 4.79 Å². The molecule has 206 valence electrons. The van der Waals surface area contributed by atoms with Crippen LogP contribution in [-0.2, 0) is 9.47 Å². The Balaban J connectivity index is 1.74. The van der Waals surface area contributed by atoms with Crippen LogP contribution in [0.1, 0.15) is 44.1 Å². The van der Waals surface area contributed by atoms with Crippen LogP contribution in [0.3, 0.4) is 0 Å². The van der Waals surface area contributed by atoms with Crippen molar-refractivity contribution in [2.75, 3.05) is 13.7 Å². The Hall–Kier alpha value is -3.45. The molecule has 2 aromatic rings. The number of hydrogen-bond donors (Lipinski definition) is 3. The van der Waals surface area contributed by atoms with Gasteiger partial charge in [-0.15, -0.1) is 11.3 Å². The number of hydrogen-bond acceptors (Lipinski definition) is 7. The summed E-state index contributed by atoms with van der Waals surface area (Å²) >= 11 is 0.880. The van der Waals surface area contributed by atoms with E-state index in [9.17, 15) is 28.2 Å². The minimum atomic E-state index is -1.52. The summed E-state index contributed by atoms with van der Waals surface area (Å²) in [7, 11) is 1.53. The summed E-state index contributed by atoms with van der Waals surface area (Å²) in [6, 6.07) is 2.53. The first-order chi connectivity index (χ1) is 17.9. The molecule has 1 aromatic heterocycles. The number of amides is 2. The first-order valence-electron chi connectivity index (χ1n) is 11.8. The van der Waals surface area contributed by atoms with Gasteiger partial charge in [-0.25, -0.2) is 22.9 Å². The average molecular weight is 553 g/mol.